The molecule has 0 saturated carbocycles. The van der Waals surface area contributed by atoms with Gasteiger partial charge in [0, 0.05) is 49.4 Å². The van der Waals surface area contributed by atoms with E-state index in [4.69, 9.17) is 4.98 Å². The number of amides is 1. The second-order valence-corrected chi connectivity index (χ2v) is 13.6. The molecule has 12 heteroatoms. The zero-order valence-corrected chi connectivity index (χ0v) is 27.9. The molecule has 1 aromatic heterocycles. The van der Waals surface area contributed by atoms with E-state index in [1.807, 2.05) is 42.5 Å². The number of benzene rings is 3. The second kappa shape index (κ2) is 14.0. The summed E-state index contributed by atoms with van der Waals surface area (Å²) in [5, 5.41) is 9.99. The Morgan fingerprint density at radius 3 is 2.16 bits per heavy atom. The summed E-state index contributed by atoms with van der Waals surface area (Å²) < 4.78 is 84.2. The minimum atomic E-state index is -5.05. The molecule has 0 spiro atoms. The number of aromatic nitrogens is 2. The molecule has 6 nitrogen and oxygen atoms in total. The summed E-state index contributed by atoms with van der Waals surface area (Å²) in [6.07, 6.45) is -4.45. The number of aryl methyl sites for hydroxylation is 1. The van der Waals surface area contributed by atoms with Gasteiger partial charge in [0.05, 0.1) is 29.6 Å². The van der Waals surface area contributed by atoms with E-state index in [0.29, 0.717) is 31.4 Å². The lowest BCUT2D eigenvalue weighted by atomic mass is 9.87. The largest absolute Gasteiger partial charge is 0.416 e. The van der Waals surface area contributed by atoms with Crippen LogP contribution in [0.2, 0.25) is 0 Å². The summed E-state index contributed by atoms with van der Waals surface area (Å²) in [4.78, 5) is 22.5. The monoisotopic (exact) mass is 708 g/mol. The van der Waals surface area contributed by atoms with Crippen LogP contribution in [0, 0.1) is 0 Å². The normalized spacial score (nSPS) is 20.2. The van der Waals surface area contributed by atoms with Crippen LogP contribution in [0.3, 0.4) is 0 Å². The standard InChI is InChI=1S/C39H38F6N4O2/c40-38(41,42)29-19-28(20-30(21-29)39(43,44)45)37(51)49-17-13-31(22-32(49)18-25-6-2-1-3-7-25)47-14-10-27(11-15-47)35-34-9-5-4-8-26(34)12-16-48-33(24-50)23-46-36(35)48/h1-9,19-21,23,31-32,50H,10-18,22,24H2/t31-,32-/m0/s1. The van der Waals surface area contributed by atoms with Gasteiger partial charge < -0.3 is 14.6 Å². The minimum Gasteiger partial charge on any atom is -0.390 e. The first-order valence-electron chi connectivity index (χ1n) is 17.2. The number of piperidine rings is 2. The fraction of sp³-hybridized carbons (Fsp3) is 0.385. The molecule has 0 aliphatic carbocycles. The number of alkyl halides is 6. The van der Waals surface area contributed by atoms with Gasteiger partial charge in [-0.25, -0.2) is 4.98 Å². The summed E-state index contributed by atoms with van der Waals surface area (Å²) in [6.45, 7) is 2.35. The molecule has 0 bridgehead atoms. The molecule has 268 valence electrons. The van der Waals surface area contributed by atoms with Crippen LogP contribution in [-0.2, 0) is 38.3 Å². The predicted octanol–water partition coefficient (Wildman–Crippen LogP) is 7.78. The van der Waals surface area contributed by atoms with Gasteiger partial charge in [-0.3, -0.25) is 9.69 Å². The van der Waals surface area contributed by atoms with Crippen molar-refractivity contribution in [1.82, 2.24) is 19.4 Å². The van der Waals surface area contributed by atoms with Crippen molar-refractivity contribution < 1.29 is 36.2 Å². The average Bonchev–Trinajstić information content (AvgIpc) is 3.45. The van der Waals surface area contributed by atoms with Gasteiger partial charge in [0.25, 0.3) is 5.91 Å². The number of nitrogens with zero attached hydrogens (tertiary/aromatic N) is 4. The first kappa shape index (κ1) is 35.0. The van der Waals surface area contributed by atoms with Crippen LogP contribution in [-0.4, -0.2) is 62.1 Å². The van der Waals surface area contributed by atoms with E-state index in [-0.39, 0.29) is 25.3 Å². The van der Waals surface area contributed by atoms with Crippen LogP contribution in [0.5, 0.6) is 0 Å². The molecule has 3 aromatic carbocycles. The number of carbonyl (C=O) groups excluding carboxylic acids is 1. The van der Waals surface area contributed by atoms with E-state index in [2.05, 4.69) is 21.6 Å². The van der Waals surface area contributed by atoms with Crippen molar-refractivity contribution in [3.63, 3.8) is 0 Å². The number of rotatable bonds is 5. The molecule has 1 N–H and O–H groups in total. The van der Waals surface area contributed by atoms with E-state index in [1.54, 1.807) is 6.20 Å². The van der Waals surface area contributed by atoms with E-state index in [9.17, 15) is 36.2 Å². The van der Waals surface area contributed by atoms with Crippen molar-refractivity contribution in [2.24, 2.45) is 0 Å². The van der Waals surface area contributed by atoms with E-state index >= 15 is 0 Å². The van der Waals surface area contributed by atoms with Gasteiger partial charge in [0.15, 0.2) is 0 Å². The summed E-state index contributed by atoms with van der Waals surface area (Å²) >= 11 is 0. The molecule has 1 amide bonds. The summed E-state index contributed by atoms with van der Waals surface area (Å²) in [7, 11) is 0. The maximum atomic E-state index is 13.9. The predicted molar refractivity (Wildman–Crippen MR) is 180 cm³/mol. The highest BCUT2D eigenvalue weighted by Crippen LogP contribution is 2.39. The van der Waals surface area contributed by atoms with Crippen LogP contribution >= 0.6 is 0 Å². The fourth-order valence-electron chi connectivity index (χ4n) is 8.03. The topological polar surface area (TPSA) is 61.6 Å². The number of aliphatic hydroxyl groups excluding tert-OH is 1. The minimum absolute atomic E-state index is 0.0525. The molecule has 0 unspecified atom stereocenters. The maximum Gasteiger partial charge on any atom is 0.416 e. The van der Waals surface area contributed by atoms with Crippen molar-refractivity contribution in [3.05, 3.63) is 129 Å². The van der Waals surface area contributed by atoms with Crippen LogP contribution in [0.4, 0.5) is 26.3 Å². The van der Waals surface area contributed by atoms with E-state index in [0.717, 1.165) is 67.1 Å². The molecular weight excluding hydrogens is 670 g/mol. The molecular formula is C39H38F6N4O2. The van der Waals surface area contributed by atoms with Gasteiger partial charge in [-0.05, 0) is 73.4 Å². The van der Waals surface area contributed by atoms with Gasteiger partial charge in [-0.1, -0.05) is 60.2 Å². The number of likely N-dealkylation sites (tertiary alicyclic amines) is 2. The first-order valence-corrected chi connectivity index (χ1v) is 17.2. The van der Waals surface area contributed by atoms with E-state index < -0.39 is 41.0 Å². The Bertz CT molecular complexity index is 1890. The van der Waals surface area contributed by atoms with Crippen LogP contribution < -0.4 is 0 Å². The van der Waals surface area contributed by atoms with Crippen LogP contribution in [0.1, 0.15) is 75.4 Å². The average molecular weight is 709 g/mol. The zero-order chi connectivity index (χ0) is 35.9. The second-order valence-electron chi connectivity index (χ2n) is 13.6. The third-order valence-corrected chi connectivity index (χ3v) is 10.6. The Balaban J connectivity index is 1.15. The lowest BCUT2D eigenvalue weighted by molar-refractivity contribution is -0.143. The first-order chi connectivity index (χ1) is 24.4. The van der Waals surface area contributed by atoms with Crippen molar-refractivity contribution in [1.29, 1.82) is 0 Å². The van der Waals surface area contributed by atoms with Gasteiger partial charge in [-0.15, -0.1) is 0 Å². The zero-order valence-electron chi connectivity index (χ0n) is 27.9. The van der Waals surface area contributed by atoms with Gasteiger partial charge in [-0.2, -0.15) is 26.3 Å². The van der Waals surface area contributed by atoms with Crippen LogP contribution in [0.25, 0.3) is 5.57 Å². The SMILES string of the molecule is O=C(c1cc(C(F)(F)F)cc(C(F)(F)F)c1)N1CC[C@H](N2CCC(=C3c4ccccc4CCn4c(CO)cnc43)CC2)C[C@@H]1Cc1ccccc1. The molecule has 3 aliphatic rings. The molecule has 51 heavy (non-hydrogen) atoms. The highest BCUT2D eigenvalue weighted by atomic mass is 19.4. The quantitative estimate of drug-likeness (QED) is 0.215. The van der Waals surface area contributed by atoms with Crippen molar-refractivity contribution in [3.8, 4) is 0 Å². The third-order valence-electron chi connectivity index (χ3n) is 10.6. The van der Waals surface area contributed by atoms with Crippen molar-refractivity contribution >= 4 is 11.5 Å². The number of fused-ring (bicyclic) bond motifs is 2. The molecule has 2 saturated heterocycles. The fourth-order valence-corrected chi connectivity index (χ4v) is 8.03. The summed E-state index contributed by atoms with van der Waals surface area (Å²) in [5.74, 6) is 0.0342. The molecule has 0 radical (unpaired) electrons. The number of halogens is 6. The molecule has 4 aromatic rings. The van der Waals surface area contributed by atoms with Crippen molar-refractivity contribution in [2.45, 2.75) is 76.1 Å². The van der Waals surface area contributed by atoms with Gasteiger partial charge >= 0.3 is 12.4 Å². The number of imidazole rings is 1. The molecule has 2 fully saturated rings. The summed E-state index contributed by atoms with van der Waals surface area (Å²) in [6, 6.07) is 18.5. The highest BCUT2D eigenvalue weighted by Gasteiger charge is 2.40. The smallest absolute Gasteiger partial charge is 0.390 e. The van der Waals surface area contributed by atoms with Crippen LogP contribution in [0.15, 0.2) is 84.6 Å². The molecule has 7 rings (SSSR count). The molecule has 4 heterocycles. The maximum absolute atomic E-state index is 13.9. The number of hydrogen-bond acceptors (Lipinski definition) is 4. The van der Waals surface area contributed by atoms with Gasteiger partial charge in [0.1, 0.15) is 5.82 Å². The van der Waals surface area contributed by atoms with E-state index in [1.165, 1.54) is 16.0 Å². The Morgan fingerprint density at radius 2 is 1.49 bits per heavy atom. The number of hydrogen-bond donors (Lipinski definition) is 1. The summed E-state index contributed by atoms with van der Waals surface area (Å²) in [5.41, 5.74) is 2.89. The number of aliphatic hydroxyl groups is 1. The Labute approximate surface area is 292 Å². The Kier molecular flexibility index (Phi) is 9.57. The lowest BCUT2D eigenvalue weighted by Gasteiger charge is -2.45. The Morgan fingerprint density at radius 1 is 0.824 bits per heavy atom. The third kappa shape index (κ3) is 7.21. The lowest BCUT2D eigenvalue weighted by Crippen LogP contribution is -2.53. The highest BCUT2D eigenvalue weighted by molar-refractivity contribution is 5.95. The number of carbonyl (C=O) groups is 1. The molecule has 3 aliphatic heterocycles. The van der Waals surface area contributed by atoms with Crippen molar-refractivity contribution in [2.75, 3.05) is 19.6 Å². The molecule has 2 atom stereocenters. The Hall–Kier alpha value is -4.42. The van der Waals surface area contributed by atoms with Gasteiger partial charge in [0.2, 0.25) is 0 Å².